The Morgan fingerprint density at radius 2 is 1.32 bits per heavy atom. The van der Waals surface area contributed by atoms with Gasteiger partial charge in [-0.15, -0.1) is 0 Å². The number of benzene rings is 2. The number of nitrogens with one attached hydrogen (secondary N) is 2. The SMILES string of the molecule is CC1C=C(NS(=O)(=O)c2ccccc2[N+](=O)[O-])C=CC1(C)NS(=O)(=O)c1ccccc1[N+](=O)[O-]. The van der Waals surface area contributed by atoms with Gasteiger partial charge >= 0.3 is 0 Å². The third-order valence-corrected chi connectivity index (χ3v) is 8.36. The average molecular weight is 509 g/mol. The minimum absolute atomic E-state index is 0.0769. The summed E-state index contributed by atoms with van der Waals surface area (Å²) in [6, 6.07) is 9.76. The molecule has 0 radical (unpaired) electrons. The molecule has 0 spiro atoms. The van der Waals surface area contributed by atoms with E-state index in [9.17, 15) is 37.1 Å². The fourth-order valence-corrected chi connectivity index (χ4v) is 6.18. The van der Waals surface area contributed by atoms with Crippen LogP contribution in [0.2, 0.25) is 0 Å². The zero-order valence-corrected chi connectivity index (χ0v) is 19.5. The van der Waals surface area contributed by atoms with E-state index in [1.54, 1.807) is 6.92 Å². The van der Waals surface area contributed by atoms with Crippen LogP contribution in [0.1, 0.15) is 13.8 Å². The molecule has 0 heterocycles. The van der Waals surface area contributed by atoms with Crippen molar-refractivity contribution in [3.63, 3.8) is 0 Å². The van der Waals surface area contributed by atoms with E-state index < -0.39 is 62.5 Å². The van der Waals surface area contributed by atoms with Crippen molar-refractivity contribution in [3.8, 4) is 0 Å². The van der Waals surface area contributed by atoms with Crippen LogP contribution in [-0.2, 0) is 20.0 Å². The fourth-order valence-electron chi connectivity index (χ4n) is 3.33. The second kappa shape index (κ2) is 8.96. The quantitative estimate of drug-likeness (QED) is 0.403. The van der Waals surface area contributed by atoms with Crippen LogP contribution in [0.3, 0.4) is 0 Å². The summed E-state index contributed by atoms with van der Waals surface area (Å²) in [5.74, 6) is -0.612. The maximum atomic E-state index is 12.9. The molecule has 0 aromatic heterocycles. The largest absolute Gasteiger partial charge is 0.289 e. The van der Waals surface area contributed by atoms with Crippen molar-refractivity contribution in [1.29, 1.82) is 0 Å². The van der Waals surface area contributed by atoms with Crippen molar-refractivity contribution in [2.75, 3.05) is 0 Å². The number of allylic oxidation sites excluding steroid dienone is 1. The smallest absolute Gasteiger partial charge is 0.280 e. The first-order valence-electron chi connectivity index (χ1n) is 9.71. The lowest BCUT2D eigenvalue weighted by molar-refractivity contribution is -0.388. The molecule has 34 heavy (non-hydrogen) atoms. The Kier molecular flexibility index (Phi) is 6.59. The predicted octanol–water partition coefficient (Wildman–Crippen LogP) is 2.61. The summed E-state index contributed by atoms with van der Waals surface area (Å²) in [6.07, 6.45) is 4.16. The van der Waals surface area contributed by atoms with Gasteiger partial charge in [0.1, 0.15) is 0 Å². The van der Waals surface area contributed by atoms with Gasteiger partial charge in [-0.3, -0.25) is 25.0 Å². The van der Waals surface area contributed by atoms with Crippen LogP contribution in [0.4, 0.5) is 11.4 Å². The van der Waals surface area contributed by atoms with E-state index >= 15 is 0 Å². The first-order valence-corrected chi connectivity index (χ1v) is 12.7. The molecular weight excluding hydrogens is 488 g/mol. The Morgan fingerprint density at radius 1 is 0.853 bits per heavy atom. The lowest BCUT2D eigenvalue weighted by atomic mass is 9.84. The third-order valence-electron chi connectivity index (χ3n) is 5.29. The molecule has 0 bridgehead atoms. The molecule has 0 saturated heterocycles. The van der Waals surface area contributed by atoms with Crippen molar-refractivity contribution in [3.05, 3.63) is 92.7 Å². The Balaban J connectivity index is 1.87. The highest BCUT2D eigenvalue weighted by Gasteiger charge is 2.37. The minimum atomic E-state index is -4.32. The molecule has 2 N–H and O–H groups in total. The van der Waals surface area contributed by atoms with Gasteiger partial charge in [-0.05, 0) is 31.1 Å². The maximum Gasteiger partial charge on any atom is 0.289 e. The average Bonchev–Trinajstić information content (AvgIpc) is 2.76. The van der Waals surface area contributed by atoms with Crippen LogP contribution in [0.15, 0.2) is 82.2 Å². The summed E-state index contributed by atoms with van der Waals surface area (Å²) in [5.41, 5.74) is -2.35. The highest BCUT2D eigenvalue weighted by atomic mass is 32.2. The Bertz CT molecular complexity index is 1430. The van der Waals surface area contributed by atoms with Gasteiger partial charge in [-0.25, -0.2) is 21.6 Å². The summed E-state index contributed by atoms with van der Waals surface area (Å²) in [7, 11) is -8.64. The van der Waals surface area contributed by atoms with Crippen molar-refractivity contribution in [2.45, 2.75) is 29.2 Å². The molecule has 0 saturated carbocycles. The van der Waals surface area contributed by atoms with Crippen LogP contribution in [0, 0.1) is 26.1 Å². The molecule has 1 aliphatic carbocycles. The Morgan fingerprint density at radius 3 is 1.79 bits per heavy atom. The summed E-state index contributed by atoms with van der Waals surface area (Å²) < 4.78 is 56.1. The number of hydrogen-bond acceptors (Lipinski definition) is 8. The van der Waals surface area contributed by atoms with E-state index in [2.05, 4.69) is 9.44 Å². The minimum Gasteiger partial charge on any atom is -0.280 e. The van der Waals surface area contributed by atoms with E-state index in [1.165, 1.54) is 49.4 Å². The predicted molar refractivity (Wildman–Crippen MR) is 122 cm³/mol. The molecule has 2 aromatic carbocycles. The zero-order valence-electron chi connectivity index (χ0n) is 17.9. The van der Waals surface area contributed by atoms with Crippen molar-refractivity contribution in [1.82, 2.24) is 9.44 Å². The normalized spacial score (nSPS) is 20.4. The molecule has 12 nitrogen and oxygen atoms in total. The number of hydrogen-bond donors (Lipinski definition) is 2. The molecule has 0 fully saturated rings. The number of rotatable bonds is 8. The first kappa shape index (κ1) is 25.0. The monoisotopic (exact) mass is 508 g/mol. The number of sulfonamides is 2. The van der Waals surface area contributed by atoms with Gasteiger partial charge in [0.15, 0.2) is 9.79 Å². The van der Waals surface area contributed by atoms with Crippen LogP contribution >= 0.6 is 0 Å². The second-order valence-electron chi connectivity index (χ2n) is 7.69. The zero-order chi connectivity index (χ0) is 25.3. The van der Waals surface area contributed by atoms with Gasteiger partial charge in [0.2, 0.25) is 10.0 Å². The van der Waals surface area contributed by atoms with Crippen molar-refractivity contribution >= 4 is 31.4 Å². The summed E-state index contributed by atoms with van der Waals surface area (Å²) in [6.45, 7) is 3.15. The molecule has 0 aliphatic heterocycles. The third kappa shape index (κ3) is 4.98. The molecule has 2 atom stereocenters. The van der Waals surface area contributed by atoms with Crippen molar-refractivity contribution in [2.24, 2.45) is 5.92 Å². The van der Waals surface area contributed by atoms with Crippen molar-refractivity contribution < 1.29 is 26.7 Å². The van der Waals surface area contributed by atoms with E-state index in [1.807, 2.05) is 0 Å². The molecular formula is C20H20N4O8S2. The highest BCUT2D eigenvalue weighted by Crippen LogP contribution is 2.31. The molecule has 3 rings (SSSR count). The molecule has 0 amide bonds. The highest BCUT2D eigenvalue weighted by molar-refractivity contribution is 7.90. The summed E-state index contributed by atoms with van der Waals surface area (Å²) in [5, 5.41) is 22.4. The topological polar surface area (TPSA) is 179 Å². The number of para-hydroxylation sites is 2. The van der Waals surface area contributed by atoms with E-state index in [4.69, 9.17) is 0 Å². The number of nitrogens with zero attached hydrogens (tertiary/aromatic N) is 2. The Hall–Kier alpha value is -3.62. The summed E-state index contributed by atoms with van der Waals surface area (Å²) >= 11 is 0. The van der Waals surface area contributed by atoms with Crippen LogP contribution < -0.4 is 9.44 Å². The lowest BCUT2D eigenvalue weighted by Gasteiger charge is -2.34. The lowest BCUT2D eigenvalue weighted by Crippen LogP contribution is -2.50. The Labute approximate surface area is 195 Å². The van der Waals surface area contributed by atoms with Crippen LogP contribution in [0.5, 0.6) is 0 Å². The molecule has 2 unspecified atom stereocenters. The van der Waals surface area contributed by atoms with Gasteiger partial charge in [-0.2, -0.15) is 0 Å². The molecule has 180 valence electrons. The van der Waals surface area contributed by atoms with Gasteiger partial charge in [-0.1, -0.05) is 43.3 Å². The van der Waals surface area contributed by atoms with E-state index in [0.717, 1.165) is 24.3 Å². The second-order valence-corrected chi connectivity index (χ2v) is 11.0. The molecule has 14 heteroatoms. The van der Waals surface area contributed by atoms with Crippen LogP contribution in [0.25, 0.3) is 0 Å². The van der Waals surface area contributed by atoms with E-state index in [0.29, 0.717) is 0 Å². The number of nitro groups is 2. The van der Waals surface area contributed by atoms with E-state index in [-0.39, 0.29) is 5.70 Å². The maximum absolute atomic E-state index is 12.9. The summed E-state index contributed by atoms with van der Waals surface area (Å²) in [4.78, 5) is 19.8. The standard InChI is InChI=1S/C20H20N4O8S2/c1-14-13-15(21-33(29,30)18-9-5-3-7-16(18)23(25)26)11-12-20(14,2)22-34(31,32)19-10-6-4-8-17(19)24(27)28/h3-14,21-22H,1-2H3. The first-order chi connectivity index (χ1) is 15.8. The fraction of sp³-hybridized carbons (Fsp3) is 0.200. The van der Waals surface area contributed by atoms with Gasteiger partial charge in [0.05, 0.1) is 15.4 Å². The van der Waals surface area contributed by atoms with Gasteiger partial charge < -0.3 is 0 Å². The molecule has 2 aromatic rings. The van der Waals surface area contributed by atoms with Gasteiger partial charge in [0, 0.05) is 17.8 Å². The van der Waals surface area contributed by atoms with Crippen LogP contribution in [-0.4, -0.2) is 32.2 Å². The molecule has 1 aliphatic rings. The van der Waals surface area contributed by atoms with Gasteiger partial charge in [0.25, 0.3) is 21.4 Å². The number of nitro benzene ring substituents is 2.